The van der Waals surface area contributed by atoms with Gasteiger partial charge in [-0.25, -0.2) is 0 Å². The maximum absolute atomic E-state index is 10.1. The van der Waals surface area contributed by atoms with Crippen LogP contribution in [-0.4, -0.2) is 26.6 Å². The first kappa shape index (κ1) is 12.5. The van der Waals surface area contributed by atoms with E-state index in [1.165, 1.54) is 0 Å². The lowest BCUT2D eigenvalue weighted by molar-refractivity contribution is 0.0158. The Morgan fingerprint density at radius 1 is 1.18 bits per heavy atom. The number of aliphatic hydroxyl groups excluding tert-OH is 2. The van der Waals surface area contributed by atoms with Crippen molar-refractivity contribution in [1.82, 2.24) is 4.98 Å². The van der Waals surface area contributed by atoms with E-state index < -0.39 is 12.2 Å². The number of hydrogen-bond acceptors (Lipinski definition) is 3. The summed E-state index contributed by atoms with van der Waals surface area (Å²) in [6.07, 6.45) is 0.402. The molecule has 3 nitrogen and oxygen atoms in total. The fourth-order valence-corrected chi connectivity index (χ4v) is 2.30. The monoisotopic (exact) mass is 295 g/mol. The van der Waals surface area contributed by atoms with Crippen LogP contribution in [0.25, 0.3) is 10.8 Å². The average molecular weight is 296 g/mol. The van der Waals surface area contributed by atoms with Gasteiger partial charge >= 0.3 is 0 Å². The highest BCUT2D eigenvalue weighted by Gasteiger charge is 2.20. The smallest absolute Gasteiger partial charge is 0.122 e. The molecule has 2 unspecified atom stereocenters. The minimum absolute atomic E-state index is 0.492. The van der Waals surface area contributed by atoms with E-state index >= 15 is 0 Å². The standard InChI is InChI=1S/C13H14BrNO2/c14-7-5-11(16)13(17)12-10-4-2-1-3-9(10)6-8-15-12/h1-4,6,8,11,13,16-17H,5,7H2. The van der Waals surface area contributed by atoms with Gasteiger partial charge in [0, 0.05) is 16.9 Å². The Labute approximate surface area is 108 Å². The van der Waals surface area contributed by atoms with Crippen LogP contribution in [0.2, 0.25) is 0 Å². The zero-order chi connectivity index (χ0) is 12.3. The highest BCUT2D eigenvalue weighted by atomic mass is 79.9. The minimum Gasteiger partial charge on any atom is -0.390 e. The molecule has 1 heterocycles. The fraction of sp³-hybridized carbons (Fsp3) is 0.308. The van der Waals surface area contributed by atoms with E-state index in [9.17, 15) is 10.2 Å². The molecule has 2 rings (SSSR count). The summed E-state index contributed by atoms with van der Waals surface area (Å²) in [4.78, 5) is 4.18. The lowest BCUT2D eigenvalue weighted by Gasteiger charge is -2.17. The van der Waals surface area contributed by atoms with E-state index in [1.54, 1.807) is 6.20 Å². The highest BCUT2D eigenvalue weighted by molar-refractivity contribution is 9.09. The molecule has 4 heteroatoms. The van der Waals surface area contributed by atoms with Crippen molar-refractivity contribution >= 4 is 26.7 Å². The van der Waals surface area contributed by atoms with Crippen LogP contribution >= 0.6 is 15.9 Å². The third-order valence-corrected chi connectivity index (χ3v) is 3.21. The maximum Gasteiger partial charge on any atom is 0.122 e. The van der Waals surface area contributed by atoms with Gasteiger partial charge in [0.2, 0.25) is 0 Å². The molecule has 0 aliphatic heterocycles. The zero-order valence-corrected chi connectivity index (χ0v) is 10.8. The van der Waals surface area contributed by atoms with Gasteiger partial charge in [-0.3, -0.25) is 4.98 Å². The molecule has 0 amide bonds. The maximum atomic E-state index is 10.1. The van der Waals surface area contributed by atoms with Crippen molar-refractivity contribution in [3.05, 3.63) is 42.2 Å². The number of pyridine rings is 1. The van der Waals surface area contributed by atoms with Crippen molar-refractivity contribution in [2.75, 3.05) is 5.33 Å². The van der Waals surface area contributed by atoms with Gasteiger partial charge in [0.05, 0.1) is 11.8 Å². The number of aromatic nitrogens is 1. The second kappa shape index (κ2) is 5.58. The van der Waals surface area contributed by atoms with Crippen molar-refractivity contribution in [1.29, 1.82) is 0 Å². The molecule has 0 spiro atoms. The Bertz CT molecular complexity index is 498. The highest BCUT2D eigenvalue weighted by Crippen LogP contribution is 2.25. The summed E-state index contributed by atoms with van der Waals surface area (Å²) in [5.74, 6) is 0. The molecule has 0 saturated carbocycles. The Balaban J connectivity index is 2.41. The van der Waals surface area contributed by atoms with E-state index in [4.69, 9.17) is 0 Å². The molecule has 0 radical (unpaired) electrons. The van der Waals surface area contributed by atoms with Crippen molar-refractivity contribution in [3.63, 3.8) is 0 Å². The number of halogens is 1. The molecule has 2 N–H and O–H groups in total. The Morgan fingerprint density at radius 2 is 1.94 bits per heavy atom. The normalized spacial score (nSPS) is 14.8. The zero-order valence-electron chi connectivity index (χ0n) is 9.25. The van der Waals surface area contributed by atoms with Crippen molar-refractivity contribution in [3.8, 4) is 0 Å². The van der Waals surface area contributed by atoms with E-state index in [-0.39, 0.29) is 0 Å². The first-order chi connectivity index (χ1) is 8.24. The molecule has 0 aliphatic rings. The number of aliphatic hydroxyl groups is 2. The van der Waals surface area contributed by atoms with Crippen LogP contribution in [0.4, 0.5) is 0 Å². The van der Waals surface area contributed by atoms with Gasteiger partial charge in [0.1, 0.15) is 6.10 Å². The summed E-state index contributed by atoms with van der Waals surface area (Å²) in [7, 11) is 0. The molecule has 0 bridgehead atoms. The number of alkyl halides is 1. The summed E-state index contributed by atoms with van der Waals surface area (Å²) in [6, 6.07) is 9.60. The molecule has 2 atom stereocenters. The Kier molecular flexibility index (Phi) is 4.10. The summed E-state index contributed by atoms with van der Waals surface area (Å²) in [5, 5.41) is 22.4. The second-order valence-corrected chi connectivity index (χ2v) is 4.70. The first-order valence-corrected chi connectivity index (χ1v) is 6.62. The molecular weight excluding hydrogens is 282 g/mol. The van der Waals surface area contributed by atoms with Crippen LogP contribution in [0.15, 0.2) is 36.5 Å². The Hall–Kier alpha value is -0.970. The summed E-state index contributed by atoms with van der Waals surface area (Å²) in [6.45, 7) is 0. The van der Waals surface area contributed by atoms with Gasteiger partial charge in [-0.15, -0.1) is 0 Å². The predicted octanol–water partition coefficient (Wildman–Crippen LogP) is 2.41. The van der Waals surface area contributed by atoms with Crippen molar-refractivity contribution in [2.45, 2.75) is 18.6 Å². The van der Waals surface area contributed by atoms with Gasteiger partial charge in [-0.2, -0.15) is 0 Å². The SMILES string of the molecule is OC(CCBr)C(O)c1nccc2ccccc12. The second-order valence-electron chi connectivity index (χ2n) is 3.91. The number of rotatable bonds is 4. The van der Waals surface area contributed by atoms with Crippen LogP contribution in [0, 0.1) is 0 Å². The molecule has 0 saturated heterocycles. The summed E-state index contributed by atoms with van der Waals surface area (Å²) in [5.41, 5.74) is 0.538. The average Bonchev–Trinajstić information content (AvgIpc) is 2.37. The van der Waals surface area contributed by atoms with Gasteiger partial charge in [-0.1, -0.05) is 40.2 Å². The topological polar surface area (TPSA) is 53.4 Å². The lowest BCUT2D eigenvalue weighted by atomic mass is 10.0. The predicted molar refractivity (Wildman–Crippen MR) is 71.1 cm³/mol. The fourth-order valence-electron chi connectivity index (χ4n) is 1.83. The molecule has 0 fully saturated rings. The molecule has 2 aromatic rings. The van der Waals surface area contributed by atoms with E-state index in [2.05, 4.69) is 20.9 Å². The van der Waals surface area contributed by atoms with Crippen LogP contribution in [-0.2, 0) is 0 Å². The quantitative estimate of drug-likeness (QED) is 0.852. The van der Waals surface area contributed by atoms with E-state index in [1.807, 2.05) is 30.3 Å². The van der Waals surface area contributed by atoms with E-state index in [0.717, 1.165) is 10.8 Å². The summed E-state index contributed by atoms with van der Waals surface area (Å²) >= 11 is 3.25. The molecule has 1 aromatic heterocycles. The van der Waals surface area contributed by atoms with Crippen LogP contribution in [0.1, 0.15) is 18.2 Å². The molecular formula is C13H14BrNO2. The summed E-state index contributed by atoms with van der Waals surface area (Å²) < 4.78 is 0. The van der Waals surface area contributed by atoms with Gasteiger partial charge in [-0.05, 0) is 17.9 Å². The molecule has 17 heavy (non-hydrogen) atoms. The van der Waals surface area contributed by atoms with Gasteiger partial charge < -0.3 is 10.2 Å². The number of nitrogens with zero attached hydrogens (tertiary/aromatic N) is 1. The minimum atomic E-state index is -0.946. The third-order valence-electron chi connectivity index (χ3n) is 2.75. The third kappa shape index (κ3) is 2.65. The lowest BCUT2D eigenvalue weighted by Crippen LogP contribution is -2.19. The Morgan fingerprint density at radius 3 is 2.71 bits per heavy atom. The van der Waals surface area contributed by atoms with Gasteiger partial charge in [0.25, 0.3) is 0 Å². The largest absolute Gasteiger partial charge is 0.390 e. The van der Waals surface area contributed by atoms with Crippen LogP contribution in [0.3, 0.4) is 0 Å². The van der Waals surface area contributed by atoms with E-state index in [0.29, 0.717) is 17.4 Å². The molecule has 90 valence electrons. The van der Waals surface area contributed by atoms with Crippen molar-refractivity contribution in [2.24, 2.45) is 0 Å². The van der Waals surface area contributed by atoms with Gasteiger partial charge in [0.15, 0.2) is 0 Å². The van der Waals surface area contributed by atoms with Crippen LogP contribution < -0.4 is 0 Å². The van der Waals surface area contributed by atoms with Crippen LogP contribution in [0.5, 0.6) is 0 Å². The molecule has 1 aromatic carbocycles. The molecule has 0 aliphatic carbocycles. The number of benzene rings is 1. The number of hydrogen-bond donors (Lipinski definition) is 2. The number of fused-ring (bicyclic) bond motifs is 1. The van der Waals surface area contributed by atoms with Crippen molar-refractivity contribution < 1.29 is 10.2 Å². The first-order valence-electron chi connectivity index (χ1n) is 5.50.